The summed E-state index contributed by atoms with van der Waals surface area (Å²) in [6.45, 7) is 0. The highest BCUT2D eigenvalue weighted by atomic mass is 19.1. The number of hydrogen-bond donors (Lipinski definition) is 1. The average Bonchev–Trinajstić information content (AvgIpc) is 2.73. The third kappa shape index (κ3) is 1.54. The minimum absolute atomic E-state index is 0.196. The topological polar surface area (TPSA) is 24.9 Å². The maximum Gasteiger partial charge on any atom is 0.125 e. The minimum atomic E-state index is -0.196. The van der Waals surface area contributed by atoms with Crippen LogP contribution in [-0.2, 0) is 6.42 Å². The first kappa shape index (κ1) is 9.33. The molecule has 80 valence electrons. The highest BCUT2D eigenvalue weighted by Gasteiger charge is 2.22. The van der Waals surface area contributed by atoms with Crippen molar-refractivity contribution < 1.29 is 4.39 Å². The molecule has 16 heavy (non-hydrogen) atoms. The van der Waals surface area contributed by atoms with Crippen molar-refractivity contribution in [3.63, 3.8) is 0 Å². The Labute approximate surface area is 93.1 Å². The number of anilines is 1. The SMILES string of the molecule is Fc1ccc2c(c1)NC(c1cccnc1)C2. The lowest BCUT2D eigenvalue weighted by Gasteiger charge is -2.10. The molecule has 1 aromatic carbocycles. The van der Waals surface area contributed by atoms with E-state index in [1.807, 2.05) is 24.4 Å². The van der Waals surface area contributed by atoms with Crippen molar-refractivity contribution >= 4 is 5.69 Å². The van der Waals surface area contributed by atoms with Crippen LogP contribution in [0.3, 0.4) is 0 Å². The van der Waals surface area contributed by atoms with Gasteiger partial charge in [0.1, 0.15) is 5.82 Å². The van der Waals surface area contributed by atoms with Crippen LogP contribution in [0.4, 0.5) is 10.1 Å². The van der Waals surface area contributed by atoms with Crippen LogP contribution in [0.25, 0.3) is 0 Å². The Hall–Kier alpha value is -1.90. The molecule has 1 atom stereocenters. The van der Waals surface area contributed by atoms with E-state index in [0.29, 0.717) is 0 Å². The second kappa shape index (κ2) is 3.59. The van der Waals surface area contributed by atoms with E-state index in [2.05, 4.69) is 10.3 Å². The summed E-state index contributed by atoms with van der Waals surface area (Å²) in [6.07, 6.45) is 4.49. The fourth-order valence-corrected chi connectivity index (χ4v) is 2.10. The number of hydrogen-bond acceptors (Lipinski definition) is 2. The van der Waals surface area contributed by atoms with Crippen molar-refractivity contribution in [2.24, 2.45) is 0 Å². The first-order valence-electron chi connectivity index (χ1n) is 5.28. The largest absolute Gasteiger partial charge is 0.378 e. The first-order valence-corrected chi connectivity index (χ1v) is 5.28. The summed E-state index contributed by atoms with van der Waals surface area (Å²) in [6, 6.07) is 9.06. The maximum absolute atomic E-state index is 13.0. The molecule has 2 heterocycles. The normalized spacial score (nSPS) is 17.9. The van der Waals surface area contributed by atoms with Gasteiger partial charge in [-0.2, -0.15) is 0 Å². The number of rotatable bonds is 1. The Morgan fingerprint density at radius 1 is 1.31 bits per heavy atom. The van der Waals surface area contributed by atoms with E-state index in [1.54, 1.807) is 12.3 Å². The van der Waals surface area contributed by atoms with Gasteiger partial charge in [0, 0.05) is 18.1 Å². The second-order valence-corrected chi connectivity index (χ2v) is 3.99. The standard InChI is InChI=1S/C13H11FN2/c14-11-4-3-9-6-12(16-13(9)7-11)10-2-1-5-15-8-10/h1-5,7-8,12,16H,6H2. The smallest absolute Gasteiger partial charge is 0.125 e. The van der Waals surface area contributed by atoms with Gasteiger partial charge >= 0.3 is 0 Å². The highest BCUT2D eigenvalue weighted by Crippen LogP contribution is 2.33. The molecule has 1 aliphatic heterocycles. The van der Waals surface area contributed by atoms with E-state index >= 15 is 0 Å². The molecule has 3 heteroatoms. The number of nitrogens with one attached hydrogen (secondary N) is 1. The van der Waals surface area contributed by atoms with Crippen LogP contribution in [-0.4, -0.2) is 4.98 Å². The van der Waals surface area contributed by atoms with E-state index in [-0.39, 0.29) is 11.9 Å². The molecule has 0 spiro atoms. The van der Waals surface area contributed by atoms with E-state index < -0.39 is 0 Å². The van der Waals surface area contributed by atoms with E-state index in [1.165, 1.54) is 6.07 Å². The molecular weight excluding hydrogens is 203 g/mol. The van der Waals surface area contributed by atoms with Crippen molar-refractivity contribution in [1.82, 2.24) is 4.98 Å². The molecular formula is C13H11FN2. The predicted molar refractivity (Wildman–Crippen MR) is 60.7 cm³/mol. The van der Waals surface area contributed by atoms with E-state index in [0.717, 1.165) is 23.2 Å². The van der Waals surface area contributed by atoms with Crippen LogP contribution < -0.4 is 5.32 Å². The third-order valence-electron chi connectivity index (χ3n) is 2.91. The molecule has 1 aromatic heterocycles. The molecule has 0 aliphatic carbocycles. The Bertz CT molecular complexity index is 511. The Morgan fingerprint density at radius 2 is 2.25 bits per heavy atom. The van der Waals surface area contributed by atoms with Gasteiger partial charge in [-0.15, -0.1) is 0 Å². The lowest BCUT2D eigenvalue weighted by Crippen LogP contribution is -2.05. The van der Waals surface area contributed by atoms with E-state index in [9.17, 15) is 4.39 Å². The molecule has 0 saturated heterocycles. The summed E-state index contributed by atoms with van der Waals surface area (Å²) < 4.78 is 13.0. The fraction of sp³-hybridized carbons (Fsp3) is 0.154. The maximum atomic E-state index is 13.0. The summed E-state index contributed by atoms with van der Waals surface area (Å²) in [7, 11) is 0. The number of fused-ring (bicyclic) bond motifs is 1. The van der Waals surface area contributed by atoms with Gasteiger partial charge in [-0.1, -0.05) is 12.1 Å². The molecule has 2 aromatic rings. The molecule has 0 bridgehead atoms. The summed E-state index contributed by atoms with van der Waals surface area (Å²) in [5.41, 5.74) is 3.20. The number of aromatic nitrogens is 1. The minimum Gasteiger partial charge on any atom is -0.378 e. The lowest BCUT2D eigenvalue weighted by molar-refractivity contribution is 0.628. The molecule has 0 saturated carbocycles. The van der Waals surface area contributed by atoms with Gasteiger partial charge in [-0.3, -0.25) is 4.98 Å². The first-order chi connectivity index (χ1) is 7.83. The Morgan fingerprint density at radius 3 is 3.06 bits per heavy atom. The summed E-state index contributed by atoms with van der Waals surface area (Å²) in [4.78, 5) is 4.10. The lowest BCUT2D eigenvalue weighted by atomic mass is 10.0. The summed E-state index contributed by atoms with van der Waals surface area (Å²) >= 11 is 0. The van der Waals surface area contributed by atoms with Crippen LogP contribution in [0.1, 0.15) is 17.2 Å². The van der Waals surface area contributed by atoms with E-state index in [4.69, 9.17) is 0 Å². The van der Waals surface area contributed by atoms with Crippen molar-refractivity contribution in [3.8, 4) is 0 Å². The zero-order valence-corrected chi connectivity index (χ0v) is 8.65. The summed E-state index contributed by atoms with van der Waals surface area (Å²) in [5.74, 6) is -0.196. The second-order valence-electron chi connectivity index (χ2n) is 3.99. The molecule has 0 fully saturated rings. The van der Waals surface area contributed by atoms with Crippen LogP contribution >= 0.6 is 0 Å². The van der Waals surface area contributed by atoms with Gasteiger partial charge in [0.2, 0.25) is 0 Å². The van der Waals surface area contributed by atoms with Crippen molar-refractivity contribution in [3.05, 3.63) is 59.7 Å². The zero-order chi connectivity index (χ0) is 11.0. The number of pyridine rings is 1. The number of nitrogens with zero attached hydrogens (tertiary/aromatic N) is 1. The quantitative estimate of drug-likeness (QED) is 0.789. The highest BCUT2D eigenvalue weighted by molar-refractivity contribution is 5.58. The molecule has 0 radical (unpaired) electrons. The number of halogens is 1. The van der Waals surface area contributed by atoms with Gasteiger partial charge < -0.3 is 5.32 Å². The molecule has 1 N–H and O–H groups in total. The fourth-order valence-electron chi connectivity index (χ4n) is 2.10. The van der Waals surface area contributed by atoms with Crippen LogP contribution in [0.5, 0.6) is 0 Å². The average molecular weight is 214 g/mol. The van der Waals surface area contributed by atoms with Crippen LogP contribution in [0, 0.1) is 5.82 Å². The molecule has 1 unspecified atom stereocenters. The molecule has 2 nitrogen and oxygen atoms in total. The monoisotopic (exact) mass is 214 g/mol. The van der Waals surface area contributed by atoms with Gasteiger partial charge in [0.05, 0.1) is 6.04 Å². The molecule has 3 rings (SSSR count). The van der Waals surface area contributed by atoms with Crippen molar-refractivity contribution in [1.29, 1.82) is 0 Å². The molecule has 0 amide bonds. The summed E-state index contributed by atoms with van der Waals surface area (Å²) in [5, 5.41) is 3.31. The Balaban J connectivity index is 1.91. The predicted octanol–water partition coefficient (Wildman–Crippen LogP) is 2.93. The van der Waals surface area contributed by atoms with Crippen LogP contribution in [0.15, 0.2) is 42.7 Å². The van der Waals surface area contributed by atoms with Crippen molar-refractivity contribution in [2.75, 3.05) is 5.32 Å². The van der Waals surface area contributed by atoms with Gasteiger partial charge in [0.15, 0.2) is 0 Å². The Kier molecular flexibility index (Phi) is 2.10. The molecule has 1 aliphatic rings. The van der Waals surface area contributed by atoms with Gasteiger partial charge in [-0.25, -0.2) is 4.39 Å². The third-order valence-corrected chi connectivity index (χ3v) is 2.91. The number of benzene rings is 1. The van der Waals surface area contributed by atoms with Gasteiger partial charge in [0.25, 0.3) is 0 Å². The zero-order valence-electron chi connectivity index (χ0n) is 8.65. The van der Waals surface area contributed by atoms with Gasteiger partial charge in [-0.05, 0) is 35.7 Å². The van der Waals surface area contributed by atoms with Crippen molar-refractivity contribution in [2.45, 2.75) is 12.5 Å². The van der Waals surface area contributed by atoms with Crippen LogP contribution in [0.2, 0.25) is 0 Å².